The smallest absolute Gasteiger partial charge is 0.158 e. The number of anilines is 1. The molecule has 0 aliphatic heterocycles. The molecule has 0 radical (unpaired) electrons. The van der Waals surface area contributed by atoms with Gasteiger partial charge in [-0.2, -0.15) is 10.5 Å². The standard InChI is InChI=1S/C25H33N5O2S/c1-16(2)30(11-9-19(5)32-12-10-18(4)31)21-7-8-23(17(3)13-21)28-29-25-22(14-26)20(6)24(15-27)33-25/h7-8,13,16,18-19,31H,9-12H2,1-6H3. The Hall–Kier alpha value is -2.78. The first-order valence-corrected chi connectivity index (χ1v) is 12.0. The van der Waals surface area contributed by atoms with Gasteiger partial charge >= 0.3 is 0 Å². The fourth-order valence-corrected chi connectivity index (χ4v) is 4.24. The third-order valence-corrected chi connectivity index (χ3v) is 6.52. The topological polar surface area (TPSA) is 105 Å². The van der Waals surface area contributed by atoms with Crippen LogP contribution in [0.15, 0.2) is 28.4 Å². The molecule has 7 nitrogen and oxygen atoms in total. The molecule has 176 valence electrons. The van der Waals surface area contributed by atoms with Gasteiger partial charge in [0.1, 0.15) is 17.0 Å². The highest BCUT2D eigenvalue weighted by atomic mass is 32.1. The molecule has 0 bridgehead atoms. The molecule has 1 aromatic heterocycles. The average molecular weight is 468 g/mol. The Balaban J connectivity index is 2.12. The molecule has 0 spiro atoms. The zero-order valence-electron chi connectivity index (χ0n) is 20.3. The van der Waals surface area contributed by atoms with Gasteiger partial charge in [-0.15, -0.1) is 21.6 Å². The van der Waals surface area contributed by atoms with Crippen molar-refractivity contribution in [1.29, 1.82) is 10.5 Å². The van der Waals surface area contributed by atoms with Crippen molar-refractivity contribution in [3.8, 4) is 12.1 Å². The fraction of sp³-hybridized carbons (Fsp3) is 0.520. The lowest BCUT2D eigenvalue weighted by molar-refractivity contribution is 0.0382. The number of hydrogen-bond acceptors (Lipinski definition) is 8. The van der Waals surface area contributed by atoms with Crippen molar-refractivity contribution >= 4 is 27.7 Å². The van der Waals surface area contributed by atoms with Gasteiger partial charge in [-0.25, -0.2) is 0 Å². The summed E-state index contributed by atoms with van der Waals surface area (Å²) >= 11 is 1.19. The molecule has 33 heavy (non-hydrogen) atoms. The number of aliphatic hydroxyl groups is 1. The molecular weight excluding hydrogens is 434 g/mol. The van der Waals surface area contributed by atoms with Crippen LogP contribution in [0.25, 0.3) is 0 Å². The normalized spacial score (nSPS) is 13.2. The van der Waals surface area contributed by atoms with E-state index < -0.39 is 0 Å². The Morgan fingerprint density at radius 2 is 1.82 bits per heavy atom. The lowest BCUT2D eigenvalue weighted by atomic mass is 10.1. The second-order valence-electron chi connectivity index (χ2n) is 8.53. The summed E-state index contributed by atoms with van der Waals surface area (Å²) in [5, 5.41) is 37.1. The summed E-state index contributed by atoms with van der Waals surface area (Å²) in [7, 11) is 0. The largest absolute Gasteiger partial charge is 0.393 e. The number of azo groups is 1. The summed E-state index contributed by atoms with van der Waals surface area (Å²) in [5.41, 5.74) is 3.88. The molecule has 0 saturated carbocycles. The van der Waals surface area contributed by atoms with E-state index in [-0.39, 0.29) is 12.2 Å². The van der Waals surface area contributed by atoms with Crippen LogP contribution in [0.5, 0.6) is 0 Å². The van der Waals surface area contributed by atoms with Crippen molar-refractivity contribution in [1.82, 2.24) is 0 Å². The van der Waals surface area contributed by atoms with Crippen LogP contribution in [0, 0.1) is 36.5 Å². The number of nitriles is 2. The average Bonchev–Trinajstić information content (AvgIpc) is 3.07. The minimum Gasteiger partial charge on any atom is -0.393 e. The van der Waals surface area contributed by atoms with E-state index in [4.69, 9.17) is 4.74 Å². The van der Waals surface area contributed by atoms with Crippen LogP contribution >= 0.6 is 11.3 Å². The summed E-state index contributed by atoms with van der Waals surface area (Å²) in [6.07, 6.45) is 1.30. The number of benzene rings is 1. The molecule has 0 aliphatic rings. The second kappa shape index (κ2) is 12.5. The molecule has 0 fully saturated rings. The first kappa shape index (κ1) is 26.5. The lowest BCUT2D eigenvalue weighted by Gasteiger charge is -2.30. The minimum absolute atomic E-state index is 0.112. The summed E-state index contributed by atoms with van der Waals surface area (Å²) in [6.45, 7) is 13.3. The van der Waals surface area contributed by atoms with E-state index in [2.05, 4.69) is 54.1 Å². The molecule has 2 atom stereocenters. The molecule has 1 aromatic carbocycles. The van der Waals surface area contributed by atoms with Gasteiger partial charge in [0.05, 0.1) is 23.5 Å². The number of nitrogens with zero attached hydrogens (tertiary/aromatic N) is 5. The molecule has 0 amide bonds. The number of rotatable bonds is 11. The van der Waals surface area contributed by atoms with Crippen molar-refractivity contribution in [2.45, 2.75) is 72.6 Å². The van der Waals surface area contributed by atoms with Crippen molar-refractivity contribution in [3.63, 3.8) is 0 Å². The van der Waals surface area contributed by atoms with Gasteiger partial charge in [0.15, 0.2) is 5.00 Å². The van der Waals surface area contributed by atoms with Crippen molar-refractivity contribution in [3.05, 3.63) is 39.8 Å². The third-order valence-electron chi connectivity index (χ3n) is 5.44. The molecule has 2 rings (SSSR count). The van der Waals surface area contributed by atoms with Crippen LogP contribution < -0.4 is 4.90 Å². The van der Waals surface area contributed by atoms with Gasteiger partial charge in [0, 0.05) is 24.9 Å². The van der Waals surface area contributed by atoms with Crippen LogP contribution in [0.4, 0.5) is 16.4 Å². The van der Waals surface area contributed by atoms with Gasteiger partial charge in [-0.3, -0.25) is 0 Å². The predicted octanol–water partition coefficient (Wildman–Crippen LogP) is 6.30. The first-order valence-electron chi connectivity index (χ1n) is 11.2. The number of aliphatic hydroxyl groups excluding tert-OH is 1. The molecular formula is C25H33N5O2S. The van der Waals surface area contributed by atoms with Gasteiger partial charge < -0.3 is 14.7 Å². The van der Waals surface area contributed by atoms with E-state index in [1.165, 1.54) is 11.3 Å². The van der Waals surface area contributed by atoms with E-state index in [1.54, 1.807) is 13.8 Å². The van der Waals surface area contributed by atoms with Crippen molar-refractivity contribution < 1.29 is 9.84 Å². The van der Waals surface area contributed by atoms with Crippen LogP contribution in [0.3, 0.4) is 0 Å². The maximum absolute atomic E-state index is 9.39. The second-order valence-corrected chi connectivity index (χ2v) is 9.52. The Bertz CT molecular complexity index is 1050. The Kier molecular flexibility index (Phi) is 9.99. The summed E-state index contributed by atoms with van der Waals surface area (Å²) in [6, 6.07) is 10.6. The highest BCUT2D eigenvalue weighted by molar-refractivity contribution is 7.16. The van der Waals surface area contributed by atoms with Gasteiger partial charge in [0.2, 0.25) is 0 Å². The van der Waals surface area contributed by atoms with Crippen molar-refractivity contribution in [2.75, 3.05) is 18.1 Å². The molecule has 2 aromatic rings. The zero-order valence-corrected chi connectivity index (χ0v) is 21.1. The van der Waals surface area contributed by atoms with Crippen molar-refractivity contribution in [2.24, 2.45) is 10.2 Å². The quantitative estimate of drug-likeness (QED) is 0.390. The van der Waals surface area contributed by atoms with E-state index in [0.29, 0.717) is 40.1 Å². The van der Waals surface area contributed by atoms with Gasteiger partial charge in [-0.05, 0) is 83.7 Å². The SMILES string of the molecule is Cc1cc(N(CCC(C)OCCC(C)O)C(C)C)ccc1N=Nc1sc(C#N)c(C)c1C#N. The zero-order chi connectivity index (χ0) is 24.5. The number of aryl methyl sites for hydroxylation is 1. The van der Waals surface area contributed by atoms with Gasteiger partial charge in [0.25, 0.3) is 0 Å². The Morgan fingerprint density at radius 3 is 2.39 bits per heavy atom. The molecule has 0 saturated heterocycles. The highest BCUT2D eigenvalue weighted by Gasteiger charge is 2.16. The Morgan fingerprint density at radius 1 is 1.09 bits per heavy atom. The maximum atomic E-state index is 9.39. The third kappa shape index (κ3) is 7.36. The lowest BCUT2D eigenvalue weighted by Crippen LogP contribution is -2.33. The fourth-order valence-electron chi connectivity index (χ4n) is 3.37. The monoisotopic (exact) mass is 467 g/mol. The van der Waals surface area contributed by atoms with E-state index in [9.17, 15) is 15.6 Å². The molecule has 1 heterocycles. The number of thiophene rings is 1. The van der Waals surface area contributed by atoms with Crippen LogP contribution in [-0.2, 0) is 4.74 Å². The van der Waals surface area contributed by atoms with E-state index >= 15 is 0 Å². The molecule has 1 N–H and O–H groups in total. The highest BCUT2D eigenvalue weighted by Crippen LogP contribution is 2.36. The molecule has 0 aliphatic carbocycles. The predicted molar refractivity (Wildman–Crippen MR) is 133 cm³/mol. The number of ether oxygens (including phenoxy) is 1. The molecule has 8 heteroatoms. The van der Waals surface area contributed by atoms with Crippen LogP contribution in [-0.4, -0.2) is 36.5 Å². The first-order chi connectivity index (χ1) is 15.7. The molecule has 2 unspecified atom stereocenters. The van der Waals surface area contributed by atoms with E-state index in [1.807, 2.05) is 19.1 Å². The minimum atomic E-state index is -0.341. The maximum Gasteiger partial charge on any atom is 0.158 e. The van der Waals surface area contributed by atoms with Crippen LogP contribution in [0.1, 0.15) is 62.1 Å². The van der Waals surface area contributed by atoms with Gasteiger partial charge in [-0.1, -0.05) is 0 Å². The van der Waals surface area contributed by atoms with E-state index in [0.717, 1.165) is 29.9 Å². The summed E-state index contributed by atoms with van der Waals surface area (Å²) in [4.78, 5) is 2.82. The number of hydrogen-bond donors (Lipinski definition) is 1. The van der Waals surface area contributed by atoms with Crippen LogP contribution in [0.2, 0.25) is 0 Å². The Labute approximate surface area is 201 Å². The summed E-state index contributed by atoms with van der Waals surface area (Å²) < 4.78 is 5.82. The summed E-state index contributed by atoms with van der Waals surface area (Å²) in [5.74, 6) is 0.